The molecule has 1 unspecified atom stereocenters. The van der Waals surface area contributed by atoms with Crippen LogP contribution in [0, 0.1) is 35.5 Å². The fourth-order valence-corrected chi connectivity index (χ4v) is 3.38. The second kappa shape index (κ2) is 22.7. The van der Waals surface area contributed by atoms with E-state index in [9.17, 15) is 14.4 Å². The van der Waals surface area contributed by atoms with Gasteiger partial charge in [-0.2, -0.15) is 0 Å². The SMILES string of the molecule is CC(=O)C(C/C=C/Cl)C(C)C.CC(=O)[C@H](C/C=C/Cl)C(C)C.CC(C)[C@H](C/C=C/Cl)C(=O)O. The minimum Gasteiger partial charge on any atom is -0.481 e. The first-order valence-electron chi connectivity index (χ1n) is 11.3. The second-order valence-electron chi connectivity index (χ2n) is 8.90. The molecule has 0 rings (SSSR count). The summed E-state index contributed by atoms with van der Waals surface area (Å²) in [6.45, 7) is 15.2. The number of aliphatic carboxylic acids is 1. The Kier molecular flexibility index (Phi) is 25.1. The van der Waals surface area contributed by atoms with E-state index in [1.165, 1.54) is 16.6 Å². The first-order chi connectivity index (χ1) is 15.3. The molecule has 192 valence electrons. The summed E-state index contributed by atoms with van der Waals surface area (Å²) in [6.07, 6.45) is 7.35. The summed E-state index contributed by atoms with van der Waals surface area (Å²) < 4.78 is 0. The molecule has 1 N–H and O–H groups in total. The average molecular weight is 526 g/mol. The van der Waals surface area contributed by atoms with Gasteiger partial charge in [0.25, 0.3) is 0 Å². The smallest absolute Gasteiger partial charge is 0.307 e. The van der Waals surface area contributed by atoms with Crippen LogP contribution in [-0.2, 0) is 14.4 Å². The molecule has 0 aromatic rings. The minimum atomic E-state index is -0.755. The van der Waals surface area contributed by atoms with Crippen LogP contribution in [0.15, 0.2) is 34.8 Å². The Morgan fingerprint density at radius 3 is 1.00 bits per heavy atom. The van der Waals surface area contributed by atoms with Gasteiger partial charge in [0.2, 0.25) is 0 Å². The molecule has 0 aliphatic heterocycles. The molecule has 0 aliphatic carbocycles. The molecule has 0 aromatic carbocycles. The van der Waals surface area contributed by atoms with Gasteiger partial charge in [-0.3, -0.25) is 14.4 Å². The Labute approximate surface area is 216 Å². The lowest BCUT2D eigenvalue weighted by atomic mass is 9.89. The summed E-state index contributed by atoms with van der Waals surface area (Å²) in [6, 6.07) is 0. The van der Waals surface area contributed by atoms with Crippen molar-refractivity contribution in [1.29, 1.82) is 0 Å². The van der Waals surface area contributed by atoms with Gasteiger partial charge in [-0.05, 0) is 50.9 Å². The van der Waals surface area contributed by atoms with Crippen LogP contribution in [0.2, 0.25) is 0 Å². The number of halogens is 3. The zero-order chi connectivity index (χ0) is 26.6. The van der Waals surface area contributed by atoms with Crippen molar-refractivity contribution in [3.05, 3.63) is 34.8 Å². The lowest BCUT2D eigenvalue weighted by Crippen LogP contribution is -2.18. The maximum absolute atomic E-state index is 11.0. The highest BCUT2D eigenvalue weighted by Crippen LogP contribution is 2.18. The first-order valence-corrected chi connectivity index (χ1v) is 12.6. The number of hydrogen-bond acceptors (Lipinski definition) is 3. The molecule has 0 aliphatic rings. The summed E-state index contributed by atoms with van der Waals surface area (Å²) in [5.41, 5.74) is 4.30. The van der Waals surface area contributed by atoms with E-state index in [0.29, 0.717) is 18.3 Å². The first kappa shape index (κ1) is 36.5. The fourth-order valence-electron chi connectivity index (χ4n) is 3.07. The Morgan fingerprint density at radius 2 is 0.848 bits per heavy atom. The van der Waals surface area contributed by atoms with Gasteiger partial charge in [-0.25, -0.2) is 0 Å². The Bertz CT molecular complexity index is 537. The number of carbonyl (C=O) groups is 3. The predicted molar refractivity (Wildman–Crippen MR) is 143 cm³/mol. The van der Waals surface area contributed by atoms with Crippen molar-refractivity contribution in [3.63, 3.8) is 0 Å². The normalized spacial score (nSPS) is 14.2. The Morgan fingerprint density at radius 1 is 0.606 bits per heavy atom. The summed E-state index contributed by atoms with van der Waals surface area (Å²) >= 11 is 16.0. The van der Waals surface area contributed by atoms with E-state index >= 15 is 0 Å². The highest BCUT2D eigenvalue weighted by Gasteiger charge is 2.19. The molecule has 0 saturated carbocycles. The van der Waals surface area contributed by atoms with Crippen LogP contribution in [0.25, 0.3) is 0 Å². The van der Waals surface area contributed by atoms with Crippen LogP contribution in [0.1, 0.15) is 74.7 Å². The topological polar surface area (TPSA) is 71.4 Å². The van der Waals surface area contributed by atoms with E-state index in [4.69, 9.17) is 39.9 Å². The molecule has 0 fully saturated rings. The van der Waals surface area contributed by atoms with Crippen LogP contribution in [0.3, 0.4) is 0 Å². The van der Waals surface area contributed by atoms with Gasteiger partial charge < -0.3 is 5.11 Å². The highest BCUT2D eigenvalue weighted by molar-refractivity contribution is 6.25. The third-order valence-electron chi connectivity index (χ3n) is 5.21. The number of carboxylic acids is 1. The maximum Gasteiger partial charge on any atom is 0.307 e. The molecule has 0 aromatic heterocycles. The van der Waals surface area contributed by atoms with Crippen LogP contribution in [-0.4, -0.2) is 22.6 Å². The number of carbonyl (C=O) groups excluding carboxylic acids is 2. The molecule has 3 atom stereocenters. The monoisotopic (exact) mass is 524 g/mol. The van der Waals surface area contributed by atoms with E-state index in [0.717, 1.165) is 12.8 Å². The molecular formula is C26H43Cl3O4. The van der Waals surface area contributed by atoms with Crippen LogP contribution in [0.5, 0.6) is 0 Å². The van der Waals surface area contributed by atoms with Crippen molar-refractivity contribution in [2.75, 3.05) is 0 Å². The van der Waals surface area contributed by atoms with Crippen molar-refractivity contribution in [2.24, 2.45) is 35.5 Å². The molecule has 0 saturated heterocycles. The van der Waals surface area contributed by atoms with Crippen LogP contribution >= 0.6 is 34.8 Å². The molecule has 0 heterocycles. The van der Waals surface area contributed by atoms with Gasteiger partial charge in [0.1, 0.15) is 11.6 Å². The van der Waals surface area contributed by atoms with Crippen molar-refractivity contribution < 1.29 is 19.5 Å². The van der Waals surface area contributed by atoms with E-state index in [2.05, 4.69) is 0 Å². The lowest BCUT2D eigenvalue weighted by Gasteiger charge is -2.14. The summed E-state index contributed by atoms with van der Waals surface area (Å²) in [5.74, 6) is 0.639. The summed E-state index contributed by atoms with van der Waals surface area (Å²) in [4.78, 5) is 32.6. The van der Waals surface area contributed by atoms with Gasteiger partial charge >= 0.3 is 5.97 Å². The molecule has 4 nitrogen and oxygen atoms in total. The molecule has 33 heavy (non-hydrogen) atoms. The molecule has 7 heteroatoms. The number of hydrogen-bond donors (Lipinski definition) is 1. The molecule has 0 spiro atoms. The van der Waals surface area contributed by atoms with E-state index in [1.54, 1.807) is 19.9 Å². The molecule has 0 bridgehead atoms. The largest absolute Gasteiger partial charge is 0.481 e. The van der Waals surface area contributed by atoms with Crippen molar-refractivity contribution in [3.8, 4) is 0 Å². The van der Waals surface area contributed by atoms with Crippen molar-refractivity contribution in [1.82, 2.24) is 0 Å². The average Bonchev–Trinajstić information content (AvgIpc) is 2.68. The Hall–Kier alpha value is -1.10. The van der Waals surface area contributed by atoms with E-state index < -0.39 is 5.97 Å². The second-order valence-corrected chi connectivity index (χ2v) is 9.66. The molecule has 0 radical (unpaired) electrons. The minimum absolute atomic E-state index is 0.130. The zero-order valence-corrected chi connectivity index (χ0v) is 23.6. The Balaban J connectivity index is -0.000000409. The summed E-state index contributed by atoms with van der Waals surface area (Å²) in [5, 5.41) is 8.69. The quantitative estimate of drug-likeness (QED) is 0.277. The number of carboxylic acid groups (broad SMARTS) is 1. The van der Waals surface area contributed by atoms with Gasteiger partial charge in [-0.15, -0.1) is 0 Å². The highest BCUT2D eigenvalue weighted by atomic mass is 35.5. The van der Waals surface area contributed by atoms with Gasteiger partial charge in [-0.1, -0.05) is 94.6 Å². The third kappa shape index (κ3) is 21.2. The number of rotatable bonds is 12. The number of allylic oxidation sites excluding steroid dienone is 3. The van der Waals surface area contributed by atoms with Crippen molar-refractivity contribution >= 4 is 52.3 Å². The maximum atomic E-state index is 11.0. The van der Waals surface area contributed by atoms with Crippen LogP contribution in [0.4, 0.5) is 0 Å². The zero-order valence-electron chi connectivity index (χ0n) is 21.4. The van der Waals surface area contributed by atoms with E-state index in [1.807, 2.05) is 53.7 Å². The van der Waals surface area contributed by atoms with Gasteiger partial charge in [0, 0.05) is 28.4 Å². The lowest BCUT2D eigenvalue weighted by molar-refractivity contribution is -0.143. The van der Waals surface area contributed by atoms with Crippen molar-refractivity contribution in [2.45, 2.75) is 74.7 Å². The standard InChI is InChI=1S/2C9H15ClO.C8H13ClO2/c2*1-7(2)9(8(3)11)5-4-6-10;1-6(2)7(8(10)11)4-3-5-9/h2*4,6-7,9H,5H2,1-3H3;3,5-7H,4H2,1-2H3,(H,10,11)/b2*6-4+;5-3+/t9-;;7-/m1.0/s1. The van der Waals surface area contributed by atoms with E-state index in [-0.39, 0.29) is 35.2 Å². The van der Waals surface area contributed by atoms with Gasteiger partial charge in [0.05, 0.1) is 5.92 Å². The number of ketones is 2. The molecule has 0 amide bonds. The third-order valence-corrected chi connectivity index (χ3v) is 5.75. The number of Topliss-reactive ketones (excluding diaryl/α,β-unsaturated/α-hetero) is 2. The summed E-state index contributed by atoms with van der Waals surface area (Å²) in [7, 11) is 0. The fraction of sp³-hybridized carbons (Fsp3) is 0.654. The molecular weight excluding hydrogens is 483 g/mol. The predicted octanol–water partition coefficient (Wildman–Crippen LogP) is 8.47. The van der Waals surface area contributed by atoms with Gasteiger partial charge in [0.15, 0.2) is 0 Å². The van der Waals surface area contributed by atoms with Crippen LogP contribution < -0.4 is 0 Å².